The van der Waals surface area contributed by atoms with Crippen molar-refractivity contribution in [3.63, 3.8) is 0 Å². The predicted octanol–water partition coefficient (Wildman–Crippen LogP) is 2.79. The van der Waals surface area contributed by atoms with Crippen LogP contribution in [0.15, 0.2) is 10.7 Å². The summed E-state index contributed by atoms with van der Waals surface area (Å²) in [4.78, 5) is 14.0. The van der Waals surface area contributed by atoms with Gasteiger partial charge < -0.3 is 4.90 Å². The molecule has 0 aliphatic carbocycles. The molecule has 22 heavy (non-hydrogen) atoms. The van der Waals surface area contributed by atoms with Crippen LogP contribution < -0.4 is 0 Å². The molecule has 0 unspecified atom stereocenters. The highest BCUT2D eigenvalue weighted by Crippen LogP contribution is 2.20. The zero-order valence-corrected chi connectivity index (χ0v) is 15.4. The largest absolute Gasteiger partial charge is 0.338 e. The van der Waals surface area contributed by atoms with Gasteiger partial charge in [-0.15, -0.1) is 0 Å². The Morgan fingerprint density at radius 3 is 2.59 bits per heavy atom. The van der Waals surface area contributed by atoms with E-state index in [2.05, 4.69) is 26.1 Å². The van der Waals surface area contributed by atoms with Gasteiger partial charge in [0.2, 0.25) is 5.91 Å². The average molecular weight is 389 g/mol. The molecule has 0 aliphatic heterocycles. The summed E-state index contributed by atoms with van der Waals surface area (Å²) in [5, 5.41) is 9.28. The Balaban J connectivity index is 2.05. The first-order chi connectivity index (χ1) is 10.3. The third-order valence-electron chi connectivity index (χ3n) is 3.50. The number of amides is 1. The molecule has 8 heteroatoms. The molecule has 0 bridgehead atoms. The Morgan fingerprint density at radius 2 is 2.09 bits per heavy atom. The summed E-state index contributed by atoms with van der Waals surface area (Å²) in [6.07, 6.45) is 1.77. The van der Waals surface area contributed by atoms with E-state index in [1.54, 1.807) is 27.5 Å². The van der Waals surface area contributed by atoms with Gasteiger partial charge in [0.1, 0.15) is 12.2 Å². The second kappa shape index (κ2) is 6.83. The monoisotopic (exact) mass is 387 g/mol. The van der Waals surface area contributed by atoms with Crippen LogP contribution in [-0.2, 0) is 24.4 Å². The summed E-state index contributed by atoms with van der Waals surface area (Å²) in [5.41, 5.74) is 2.51. The maximum Gasteiger partial charge on any atom is 0.244 e. The molecule has 120 valence electrons. The van der Waals surface area contributed by atoms with Crippen LogP contribution in [0.5, 0.6) is 0 Å². The van der Waals surface area contributed by atoms with Crippen molar-refractivity contribution in [2.45, 2.75) is 40.4 Å². The Labute approximate surface area is 143 Å². The first-order valence-electron chi connectivity index (χ1n) is 6.98. The summed E-state index contributed by atoms with van der Waals surface area (Å²) >= 11 is 9.60. The van der Waals surface area contributed by atoms with E-state index >= 15 is 0 Å². The fourth-order valence-electron chi connectivity index (χ4n) is 2.10. The SMILES string of the molecule is CCn1cc(Cl)c(CN(C)C(=O)Cn2nc(C)c(Br)c2C)n1. The van der Waals surface area contributed by atoms with Gasteiger partial charge in [-0.25, -0.2) is 0 Å². The summed E-state index contributed by atoms with van der Waals surface area (Å²) in [6, 6.07) is 0. The van der Waals surface area contributed by atoms with Gasteiger partial charge in [0.25, 0.3) is 0 Å². The molecular formula is C14H19BrClN5O. The van der Waals surface area contributed by atoms with Crippen molar-refractivity contribution in [2.75, 3.05) is 7.05 Å². The van der Waals surface area contributed by atoms with Gasteiger partial charge in [-0.05, 0) is 36.7 Å². The molecule has 0 saturated heterocycles. The summed E-state index contributed by atoms with van der Waals surface area (Å²) in [6.45, 7) is 7.14. The van der Waals surface area contributed by atoms with Crippen molar-refractivity contribution in [2.24, 2.45) is 0 Å². The molecule has 1 amide bonds. The topological polar surface area (TPSA) is 56.0 Å². The summed E-state index contributed by atoms with van der Waals surface area (Å²) < 4.78 is 4.39. The van der Waals surface area contributed by atoms with Crippen molar-refractivity contribution >= 4 is 33.4 Å². The Hall–Kier alpha value is -1.34. The molecule has 0 aliphatic rings. The number of carbonyl (C=O) groups is 1. The summed E-state index contributed by atoms with van der Waals surface area (Å²) in [5.74, 6) is -0.0415. The van der Waals surface area contributed by atoms with E-state index < -0.39 is 0 Å². The highest BCUT2D eigenvalue weighted by molar-refractivity contribution is 9.10. The molecule has 0 atom stereocenters. The van der Waals surface area contributed by atoms with Crippen molar-refractivity contribution < 1.29 is 4.79 Å². The smallest absolute Gasteiger partial charge is 0.244 e. The molecule has 0 N–H and O–H groups in total. The van der Waals surface area contributed by atoms with Crippen LogP contribution in [0.3, 0.4) is 0 Å². The molecule has 0 aromatic carbocycles. The number of likely N-dealkylation sites (N-methyl/N-ethyl adjacent to an activating group) is 1. The van der Waals surface area contributed by atoms with Crippen molar-refractivity contribution in [3.8, 4) is 0 Å². The number of aromatic nitrogens is 4. The third-order valence-corrected chi connectivity index (χ3v) is 4.97. The first kappa shape index (κ1) is 17.0. The standard InChI is InChI=1S/C14H19BrClN5O/c1-5-20-6-11(16)12(18-20)7-19(4)13(22)8-21-10(3)14(15)9(2)17-21/h6H,5,7-8H2,1-4H3. The number of nitrogens with zero attached hydrogens (tertiary/aromatic N) is 5. The lowest BCUT2D eigenvalue weighted by atomic mass is 10.3. The van der Waals surface area contributed by atoms with Crippen LogP contribution in [0, 0.1) is 13.8 Å². The van der Waals surface area contributed by atoms with Gasteiger partial charge in [0.05, 0.1) is 27.4 Å². The number of hydrogen-bond donors (Lipinski definition) is 0. The van der Waals surface area contributed by atoms with Crippen molar-refractivity contribution in [3.05, 3.63) is 32.8 Å². The van der Waals surface area contributed by atoms with E-state index in [1.165, 1.54) is 0 Å². The minimum atomic E-state index is -0.0415. The van der Waals surface area contributed by atoms with Crippen LogP contribution in [0.4, 0.5) is 0 Å². The molecule has 2 rings (SSSR count). The zero-order chi connectivity index (χ0) is 16.4. The van der Waals surface area contributed by atoms with E-state index in [0.29, 0.717) is 17.3 Å². The van der Waals surface area contributed by atoms with Crippen LogP contribution in [0.1, 0.15) is 24.0 Å². The highest BCUT2D eigenvalue weighted by Gasteiger charge is 2.17. The van der Waals surface area contributed by atoms with Gasteiger partial charge in [-0.3, -0.25) is 14.2 Å². The Kier molecular flexibility index (Phi) is 5.28. The van der Waals surface area contributed by atoms with E-state index in [4.69, 9.17) is 11.6 Å². The van der Waals surface area contributed by atoms with Gasteiger partial charge in [-0.2, -0.15) is 10.2 Å². The molecule has 2 aromatic heterocycles. The van der Waals surface area contributed by atoms with Crippen LogP contribution in [0.25, 0.3) is 0 Å². The fraction of sp³-hybridized carbons (Fsp3) is 0.500. The van der Waals surface area contributed by atoms with Gasteiger partial charge in [0, 0.05) is 19.8 Å². The molecule has 0 radical (unpaired) electrons. The quantitative estimate of drug-likeness (QED) is 0.791. The molecule has 2 heterocycles. The molecular weight excluding hydrogens is 370 g/mol. The van der Waals surface area contributed by atoms with Gasteiger partial charge in [-0.1, -0.05) is 11.6 Å². The van der Waals surface area contributed by atoms with Crippen LogP contribution >= 0.6 is 27.5 Å². The molecule has 0 saturated carbocycles. The lowest BCUT2D eigenvalue weighted by Crippen LogP contribution is -2.30. The van der Waals surface area contributed by atoms with E-state index in [0.717, 1.165) is 22.4 Å². The van der Waals surface area contributed by atoms with E-state index in [9.17, 15) is 4.79 Å². The maximum atomic E-state index is 12.3. The number of aryl methyl sites for hydroxylation is 2. The van der Waals surface area contributed by atoms with Crippen molar-refractivity contribution in [1.29, 1.82) is 0 Å². The van der Waals surface area contributed by atoms with E-state index in [1.807, 2.05) is 20.8 Å². The maximum absolute atomic E-state index is 12.3. The normalized spacial score (nSPS) is 11.0. The zero-order valence-electron chi connectivity index (χ0n) is 13.1. The van der Waals surface area contributed by atoms with Crippen LogP contribution in [-0.4, -0.2) is 37.4 Å². The Morgan fingerprint density at radius 1 is 1.41 bits per heavy atom. The minimum absolute atomic E-state index is 0.0415. The molecule has 0 fully saturated rings. The first-order valence-corrected chi connectivity index (χ1v) is 8.15. The van der Waals surface area contributed by atoms with Crippen LogP contribution in [0.2, 0.25) is 5.02 Å². The molecule has 2 aromatic rings. The predicted molar refractivity (Wildman–Crippen MR) is 88.8 cm³/mol. The second-order valence-electron chi connectivity index (χ2n) is 5.17. The number of halogens is 2. The fourth-order valence-corrected chi connectivity index (χ4v) is 2.59. The van der Waals surface area contributed by atoms with Crippen molar-refractivity contribution in [1.82, 2.24) is 24.5 Å². The lowest BCUT2D eigenvalue weighted by molar-refractivity contribution is -0.131. The highest BCUT2D eigenvalue weighted by atomic mass is 79.9. The molecule has 6 nitrogen and oxygen atoms in total. The Bertz CT molecular complexity index is 694. The number of carbonyl (C=O) groups excluding carboxylic acids is 1. The number of rotatable bonds is 5. The minimum Gasteiger partial charge on any atom is -0.338 e. The van der Waals surface area contributed by atoms with E-state index in [-0.39, 0.29) is 12.5 Å². The second-order valence-corrected chi connectivity index (χ2v) is 6.37. The van der Waals surface area contributed by atoms with Gasteiger partial charge in [0.15, 0.2) is 0 Å². The third kappa shape index (κ3) is 3.52. The lowest BCUT2D eigenvalue weighted by Gasteiger charge is -2.16. The molecule has 0 spiro atoms. The summed E-state index contributed by atoms with van der Waals surface area (Å²) in [7, 11) is 1.74. The number of hydrogen-bond acceptors (Lipinski definition) is 3. The van der Waals surface area contributed by atoms with Gasteiger partial charge >= 0.3 is 0 Å². The average Bonchev–Trinajstić information content (AvgIpc) is 2.95.